The van der Waals surface area contributed by atoms with E-state index in [0.29, 0.717) is 0 Å². The maximum atomic E-state index is 3.20. The van der Waals surface area contributed by atoms with Crippen molar-refractivity contribution in [3.05, 3.63) is 47.3 Å². The molecule has 0 aliphatic heterocycles. The number of aryl methyl sites for hydroxylation is 2. The van der Waals surface area contributed by atoms with Crippen LogP contribution in [0.5, 0.6) is 0 Å². The van der Waals surface area contributed by atoms with Crippen LogP contribution in [0, 0.1) is 12.3 Å². The Labute approximate surface area is 118 Å². The summed E-state index contributed by atoms with van der Waals surface area (Å²) in [7, 11) is 0. The van der Waals surface area contributed by atoms with Gasteiger partial charge in [0.1, 0.15) is 0 Å². The predicted molar refractivity (Wildman–Crippen MR) is 69.3 cm³/mol. The van der Waals surface area contributed by atoms with Crippen LogP contribution in [-0.4, -0.2) is 4.98 Å². The van der Waals surface area contributed by atoms with Gasteiger partial charge in [-0.2, -0.15) is 17.2 Å². The van der Waals surface area contributed by atoms with Crippen LogP contribution in [0.15, 0.2) is 18.2 Å². The minimum atomic E-state index is 0. The summed E-state index contributed by atoms with van der Waals surface area (Å²) in [6.07, 6.45) is 16.5. The van der Waals surface area contributed by atoms with Crippen molar-refractivity contribution in [3.8, 4) is 0 Å². The first-order chi connectivity index (χ1) is 7.83. The van der Waals surface area contributed by atoms with Crippen molar-refractivity contribution in [1.82, 2.24) is 4.98 Å². The molecule has 17 heavy (non-hydrogen) atoms. The SMILES string of the molecule is CCc1[c-][nH]c(CC)c1CC.[C-]1=CC=CC1.[Ru+2]. The monoisotopic (exact) mass is 317 g/mol. The molecule has 0 spiro atoms. The Hall–Kier alpha value is -0.617. The molecule has 1 aliphatic carbocycles. The average molecular weight is 316 g/mol. The van der Waals surface area contributed by atoms with Gasteiger partial charge in [0.25, 0.3) is 0 Å². The summed E-state index contributed by atoms with van der Waals surface area (Å²) in [6.45, 7) is 6.56. The number of aromatic nitrogens is 1. The Morgan fingerprint density at radius 2 is 1.94 bits per heavy atom. The molecule has 0 fully saturated rings. The van der Waals surface area contributed by atoms with Gasteiger partial charge in [-0.05, 0) is 0 Å². The summed E-state index contributed by atoms with van der Waals surface area (Å²) < 4.78 is 0. The van der Waals surface area contributed by atoms with E-state index in [4.69, 9.17) is 0 Å². The fraction of sp³-hybridized carbons (Fsp3) is 0.467. The molecule has 1 aliphatic rings. The minimum Gasteiger partial charge on any atom is -0.481 e. The van der Waals surface area contributed by atoms with Crippen LogP contribution in [0.2, 0.25) is 0 Å². The summed E-state index contributed by atoms with van der Waals surface area (Å²) in [6, 6.07) is 0. The number of rotatable bonds is 3. The third-order valence-corrected chi connectivity index (χ3v) is 2.74. The van der Waals surface area contributed by atoms with E-state index in [9.17, 15) is 0 Å². The molecule has 0 unspecified atom stereocenters. The van der Waals surface area contributed by atoms with Gasteiger partial charge in [-0.1, -0.05) is 40.0 Å². The predicted octanol–water partition coefficient (Wildman–Crippen LogP) is 3.81. The Kier molecular flexibility index (Phi) is 9.08. The molecule has 0 saturated carbocycles. The third kappa shape index (κ3) is 5.04. The molecule has 1 aromatic heterocycles. The van der Waals surface area contributed by atoms with Crippen molar-refractivity contribution in [2.24, 2.45) is 0 Å². The van der Waals surface area contributed by atoms with Gasteiger partial charge in [-0.15, -0.1) is 18.3 Å². The van der Waals surface area contributed by atoms with Gasteiger partial charge in [0, 0.05) is 0 Å². The first-order valence-corrected chi connectivity index (χ1v) is 6.15. The van der Waals surface area contributed by atoms with E-state index in [-0.39, 0.29) is 19.5 Å². The van der Waals surface area contributed by atoms with Crippen molar-refractivity contribution in [2.45, 2.75) is 46.5 Å². The van der Waals surface area contributed by atoms with Crippen LogP contribution >= 0.6 is 0 Å². The largest absolute Gasteiger partial charge is 2.00 e. The normalized spacial score (nSPS) is 11.9. The number of hydrogen-bond donors (Lipinski definition) is 1. The maximum absolute atomic E-state index is 3.20. The van der Waals surface area contributed by atoms with Gasteiger partial charge in [-0.3, -0.25) is 6.08 Å². The number of hydrogen-bond acceptors (Lipinski definition) is 0. The first-order valence-electron chi connectivity index (χ1n) is 6.15. The molecule has 0 atom stereocenters. The van der Waals surface area contributed by atoms with Crippen LogP contribution in [0.25, 0.3) is 0 Å². The molecule has 2 rings (SSSR count). The molecule has 2 heteroatoms. The van der Waals surface area contributed by atoms with Crippen LogP contribution in [-0.2, 0) is 38.7 Å². The molecule has 0 amide bonds. The molecule has 1 nitrogen and oxygen atoms in total. The van der Waals surface area contributed by atoms with Gasteiger partial charge >= 0.3 is 19.5 Å². The number of aromatic amines is 1. The van der Waals surface area contributed by atoms with E-state index in [2.05, 4.69) is 44.1 Å². The summed E-state index contributed by atoms with van der Waals surface area (Å²) in [5.74, 6) is 0. The summed E-state index contributed by atoms with van der Waals surface area (Å²) in [4.78, 5) is 3.20. The Morgan fingerprint density at radius 3 is 2.29 bits per heavy atom. The average Bonchev–Trinajstić information content (AvgIpc) is 3.00. The van der Waals surface area contributed by atoms with E-state index in [1.807, 2.05) is 12.2 Å². The van der Waals surface area contributed by atoms with Gasteiger partial charge in [-0.25, -0.2) is 12.2 Å². The van der Waals surface area contributed by atoms with Crippen molar-refractivity contribution in [3.63, 3.8) is 0 Å². The fourth-order valence-electron chi connectivity index (χ4n) is 1.85. The van der Waals surface area contributed by atoms with Crippen LogP contribution < -0.4 is 0 Å². The molecular formula is C15H21NRu. The maximum Gasteiger partial charge on any atom is 2.00 e. The van der Waals surface area contributed by atoms with Crippen LogP contribution in [0.1, 0.15) is 44.0 Å². The zero-order chi connectivity index (χ0) is 11.8. The number of H-pyrrole nitrogens is 1. The van der Waals surface area contributed by atoms with Gasteiger partial charge in [0.15, 0.2) is 0 Å². The Bertz CT molecular complexity index is 329. The van der Waals surface area contributed by atoms with Crippen molar-refractivity contribution >= 4 is 0 Å². The summed E-state index contributed by atoms with van der Waals surface area (Å²) >= 11 is 0. The van der Waals surface area contributed by atoms with Crippen LogP contribution in [0.3, 0.4) is 0 Å². The molecule has 0 saturated heterocycles. The third-order valence-electron chi connectivity index (χ3n) is 2.74. The number of nitrogens with one attached hydrogen (secondary N) is 1. The molecule has 1 aromatic rings. The topological polar surface area (TPSA) is 15.8 Å². The summed E-state index contributed by atoms with van der Waals surface area (Å²) in [5, 5.41) is 0. The molecule has 0 aromatic carbocycles. The zero-order valence-electron chi connectivity index (χ0n) is 10.9. The number of allylic oxidation sites excluding steroid dienone is 4. The quantitative estimate of drug-likeness (QED) is 0.645. The Morgan fingerprint density at radius 1 is 1.18 bits per heavy atom. The van der Waals surface area contributed by atoms with Gasteiger partial charge in [0.05, 0.1) is 0 Å². The van der Waals surface area contributed by atoms with Gasteiger partial charge in [0.2, 0.25) is 0 Å². The van der Waals surface area contributed by atoms with Crippen LogP contribution in [0.4, 0.5) is 0 Å². The molecule has 0 radical (unpaired) electrons. The molecule has 0 bridgehead atoms. The second-order valence-electron chi connectivity index (χ2n) is 3.75. The molecule has 1 heterocycles. The Balaban J connectivity index is 0.000000360. The van der Waals surface area contributed by atoms with Crippen molar-refractivity contribution < 1.29 is 19.5 Å². The second kappa shape index (κ2) is 9.42. The van der Waals surface area contributed by atoms with E-state index in [0.717, 1.165) is 25.7 Å². The zero-order valence-corrected chi connectivity index (χ0v) is 12.7. The smallest absolute Gasteiger partial charge is 0.481 e. The second-order valence-corrected chi connectivity index (χ2v) is 3.75. The van der Waals surface area contributed by atoms with Crippen molar-refractivity contribution in [2.75, 3.05) is 0 Å². The fourth-order valence-corrected chi connectivity index (χ4v) is 1.85. The van der Waals surface area contributed by atoms with E-state index < -0.39 is 0 Å². The standard InChI is InChI=1S/C10H16N.C5H5.Ru/c1-4-8-7-11-10(6-3)9(8)5-2;1-2-4-5-3-1;/h11H,4-6H2,1-3H3;1-3H,4H2;/q2*-1;+2. The minimum absolute atomic E-state index is 0. The van der Waals surface area contributed by atoms with E-state index >= 15 is 0 Å². The summed E-state index contributed by atoms with van der Waals surface area (Å²) in [5.41, 5.74) is 4.21. The first kappa shape index (κ1) is 16.4. The molecular weight excluding hydrogens is 295 g/mol. The van der Waals surface area contributed by atoms with E-state index in [1.165, 1.54) is 16.8 Å². The van der Waals surface area contributed by atoms with Crippen molar-refractivity contribution in [1.29, 1.82) is 0 Å². The van der Waals surface area contributed by atoms with E-state index in [1.54, 1.807) is 0 Å². The van der Waals surface area contributed by atoms with Gasteiger partial charge < -0.3 is 4.98 Å². The molecule has 1 N–H and O–H groups in total. The molecule has 94 valence electrons.